The average Bonchev–Trinajstić information content (AvgIpc) is 2.99. The van der Waals surface area contributed by atoms with E-state index in [1.807, 2.05) is 48.5 Å². The first kappa shape index (κ1) is 28.5. The highest BCUT2D eigenvalue weighted by molar-refractivity contribution is 6.02. The summed E-state index contributed by atoms with van der Waals surface area (Å²) in [5.41, 5.74) is 6.09. The predicted molar refractivity (Wildman–Crippen MR) is 155 cm³/mol. The van der Waals surface area contributed by atoms with E-state index in [-0.39, 0.29) is 18.1 Å². The summed E-state index contributed by atoms with van der Waals surface area (Å²) < 4.78 is 13.3. The number of hydrogen-bond donors (Lipinski definition) is 3. The Morgan fingerprint density at radius 1 is 0.975 bits per heavy atom. The van der Waals surface area contributed by atoms with E-state index in [0.717, 1.165) is 41.6 Å². The number of allylic oxidation sites excluding steroid dienone is 2. The molecule has 0 saturated heterocycles. The fourth-order valence-electron chi connectivity index (χ4n) is 4.61. The Labute approximate surface area is 233 Å². The number of carboxylic acids is 1. The van der Waals surface area contributed by atoms with Gasteiger partial charge in [0.25, 0.3) is 5.91 Å². The number of carbonyl (C=O) groups is 3. The molecule has 3 aromatic rings. The van der Waals surface area contributed by atoms with Crippen LogP contribution in [0.2, 0.25) is 0 Å². The fourth-order valence-corrected chi connectivity index (χ4v) is 4.61. The molecule has 1 unspecified atom stereocenters. The molecule has 3 N–H and O–H groups in total. The molecule has 208 valence electrons. The summed E-state index contributed by atoms with van der Waals surface area (Å²) in [6.07, 6.45) is 5.51. The number of rotatable bonds is 10. The Bertz CT molecular complexity index is 1370. The van der Waals surface area contributed by atoms with Crippen LogP contribution >= 0.6 is 0 Å². The monoisotopic (exact) mass is 543 g/mol. The molecule has 1 atom stereocenters. The van der Waals surface area contributed by atoms with E-state index in [1.54, 1.807) is 29.2 Å². The van der Waals surface area contributed by atoms with Gasteiger partial charge in [-0.25, -0.2) is 14.0 Å². The summed E-state index contributed by atoms with van der Waals surface area (Å²) in [6.45, 7) is 1.69. The van der Waals surface area contributed by atoms with Gasteiger partial charge in [-0.3, -0.25) is 9.69 Å². The number of anilines is 2. The normalized spacial score (nSPS) is 13.6. The molecule has 1 aliphatic rings. The van der Waals surface area contributed by atoms with Gasteiger partial charge >= 0.3 is 12.0 Å². The highest BCUT2D eigenvalue weighted by Gasteiger charge is 2.19. The number of benzene rings is 3. The second-order valence-electron chi connectivity index (χ2n) is 9.80. The van der Waals surface area contributed by atoms with Crippen molar-refractivity contribution in [2.24, 2.45) is 0 Å². The second-order valence-corrected chi connectivity index (χ2v) is 9.80. The molecule has 40 heavy (non-hydrogen) atoms. The summed E-state index contributed by atoms with van der Waals surface area (Å²) >= 11 is 0. The number of urea groups is 1. The van der Waals surface area contributed by atoms with Crippen LogP contribution in [-0.2, 0) is 17.8 Å². The minimum Gasteiger partial charge on any atom is -0.479 e. The predicted octanol–water partition coefficient (Wildman–Crippen LogP) is 6.60. The zero-order chi connectivity index (χ0) is 28.5. The van der Waals surface area contributed by atoms with Crippen molar-refractivity contribution < 1.29 is 23.9 Å². The molecule has 0 aliphatic heterocycles. The van der Waals surface area contributed by atoms with Gasteiger partial charge in [-0.2, -0.15) is 0 Å². The maximum atomic E-state index is 13.5. The maximum absolute atomic E-state index is 13.5. The van der Waals surface area contributed by atoms with Gasteiger partial charge in [0.15, 0.2) is 0 Å². The summed E-state index contributed by atoms with van der Waals surface area (Å²) in [4.78, 5) is 38.1. The van der Waals surface area contributed by atoms with Crippen LogP contribution in [0.4, 0.5) is 20.6 Å². The topological polar surface area (TPSA) is 98.7 Å². The summed E-state index contributed by atoms with van der Waals surface area (Å²) in [5.74, 6) is -2.20. The number of hydrogen-bond acceptors (Lipinski definition) is 3. The van der Waals surface area contributed by atoms with Crippen LogP contribution < -0.4 is 15.5 Å². The minimum absolute atomic E-state index is 0.245. The zero-order valence-electron chi connectivity index (χ0n) is 22.5. The van der Waals surface area contributed by atoms with Crippen LogP contribution in [-0.4, -0.2) is 35.7 Å². The Morgan fingerprint density at radius 3 is 2.38 bits per heavy atom. The minimum atomic E-state index is -2.17. The molecule has 0 heterocycles. The molecular weight excluding hydrogens is 509 g/mol. The van der Waals surface area contributed by atoms with Gasteiger partial charge < -0.3 is 15.7 Å². The van der Waals surface area contributed by atoms with Gasteiger partial charge in [-0.05, 0) is 90.8 Å². The van der Waals surface area contributed by atoms with E-state index in [1.165, 1.54) is 18.4 Å². The van der Waals surface area contributed by atoms with Gasteiger partial charge in [0, 0.05) is 16.9 Å². The maximum Gasteiger partial charge on any atom is 0.340 e. The number of nitrogens with zero attached hydrogens (tertiary/aromatic N) is 1. The van der Waals surface area contributed by atoms with E-state index < -0.39 is 24.6 Å². The molecular formula is C32H34FN3O4. The van der Waals surface area contributed by atoms with Crippen LogP contribution in [0.5, 0.6) is 0 Å². The summed E-state index contributed by atoms with van der Waals surface area (Å²) in [6, 6.07) is 22.0. The number of aliphatic carboxylic acids is 1. The molecule has 0 saturated carbocycles. The van der Waals surface area contributed by atoms with Crippen molar-refractivity contribution in [2.45, 2.75) is 51.7 Å². The third kappa shape index (κ3) is 7.56. The number of halogens is 1. The van der Waals surface area contributed by atoms with Gasteiger partial charge in [-0.15, -0.1) is 0 Å². The molecule has 0 bridgehead atoms. The van der Waals surface area contributed by atoms with E-state index in [9.17, 15) is 18.8 Å². The first-order valence-electron chi connectivity index (χ1n) is 13.5. The molecule has 8 heteroatoms. The Hall–Kier alpha value is -4.46. The highest BCUT2D eigenvalue weighted by Crippen LogP contribution is 2.29. The van der Waals surface area contributed by atoms with E-state index in [2.05, 4.69) is 23.6 Å². The van der Waals surface area contributed by atoms with E-state index in [0.29, 0.717) is 5.69 Å². The molecule has 0 radical (unpaired) electrons. The molecule has 1 aliphatic carbocycles. The molecule has 0 fully saturated rings. The molecule has 3 amide bonds. The number of nitrogens with one attached hydrogen (secondary N) is 2. The van der Waals surface area contributed by atoms with Crippen molar-refractivity contribution in [3.63, 3.8) is 0 Å². The SMILES string of the molecule is CCc1cccc(NC(=O)N(Cc2ccc(C(=O)NCC(F)C(=O)O)cc2)c2ccc(C3=CCCCC3)cc2)c1. The lowest BCUT2D eigenvalue weighted by atomic mass is 9.93. The Balaban J connectivity index is 1.53. The van der Waals surface area contributed by atoms with Crippen LogP contribution in [0.1, 0.15) is 59.7 Å². The van der Waals surface area contributed by atoms with E-state index in [4.69, 9.17) is 5.11 Å². The van der Waals surface area contributed by atoms with Gasteiger partial charge in [0.1, 0.15) is 0 Å². The quantitative estimate of drug-likeness (QED) is 0.268. The summed E-state index contributed by atoms with van der Waals surface area (Å²) in [5, 5.41) is 13.9. The van der Waals surface area contributed by atoms with Crippen molar-refractivity contribution in [2.75, 3.05) is 16.8 Å². The van der Waals surface area contributed by atoms with Gasteiger partial charge in [0.05, 0.1) is 13.1 Å². The van der Waals surface area contributed by atoms with Crippen LogP contribution in [0.15, 0.2) is 78.9 Å². The third-order valence-corrected chi connectivity index (χ3v) is 6.94. The van der Waals surface area contributed by atoms with Crippen molar-refractivity contribution in [3.05, 3.63) is 101 Å². The van der Waals surface area contributed by atoms with Crippen molar-refractivity contribution >= 4 is 34.9 Å². The van der Waals surface area contributed by atoms with Crippen molar-refractivity contribution in [3.8, 4) is 0 Å². The van der Waals surface area contributed by atoms with Gasteiger partial charge in [-0.1, -0.05) is 49.4 Å². The number of aryl methyl sites for hydroxylation is 1. The first-order chi connectivity index (χ1) is 19.3. The van der Waals surface area contributed by atoms with Crippen molar-refractivity contribution in [1.82, 2.24) is 5.32 Å². The van der Waals surface area contributed by atoms with Gasteiger partial charge in [0.2, 0.25) is 6.17 Å². The smallest absolute Gasteiger partial charge is 0.340 e. The largest absolute Gasteiger partial charge is 0.479 e. The molecule has 4 rings (SSSR count). The number of alkyl halides is 1. The molecule has 3 aromatic carbocycles. The number of amides is 3. The first-order valence-corrected chi connectivity index (χ1v) is 13.5. The third-order valence-electron chi connectivity index (χ3n) is 6.94. The molecule has 0 aromatic heterocycles. The molecule has 0 spiro atoms. The van der Waals surface area contributed by atoms with E-state index >= 15 is 0 Å². The lowest BCUT2D eigenvalue weighted by Crippen LogP contribution is -2.35. The molecule has 7 nitrogen and oxygen atoms in total. The lowest BCUT2D eigenvalue weighted by Gasteiger charge is -2.24. The summed E-state index contributed by atoms with van der Waals surface area (Å²) in [7, 11) is 0. The zero-order valence-corrected chi connectivity index (χ0v) is 22.5. The number of carbonyl (C=O) groups excluding carboxylic acids is 2. The fraction of sp³-hybridized carbons (Fsp3) is 0.281. The second kappa shape index (κ2) is 13.6. The Morgan fingerprint density at radius 2 is 1.73 bits per heavy atom. The van der Waals surface area contributed by atoms with Crippen LogP contribution in [0.25, 0.3) is 5.57 Å². The van der Waals surface area contributed by atoms with Crippen LogP contribution in [0.3, 0.4) is 0 Å². The standard InChI is InChI=1S/C32H34FN3O4/c1-2-22-7-6-10-27(19-22)35-32(40)36(28-17-15-25(16-18-28)24-8-4-3-5-9-24)21-23-11-13-26(14-12-23)30(37)34-20-29(33)31(38)39/h6-8,10-19,29H,2-5,9,20-21H2,1H3,(H,34,37)(H,35,40)(H,38,39). The lowest BCUT2D eigenvalue weighted by molar-refractivity contribution is -0.142. The Kier molecular flexibility index (Phi) is 9.67. The number of carboxylic acid groups (broad SMARTS) is 1. The van der Waals surface area contributed by atoms with Crippen LogP contribution in [0, 0.1) is 0 Å². The van der Waals surface area contributed by atoms with Crippen molar-refractivity contribution in [1.29, 1.82) is 0 Å². The highest BCUT2D eigenvalue weighted by atomic mass is 19.1. The average molecular weight is 544 g/mol.